The SMILES string of the molecule is Cc1ccccc1C[NH+]1CCN(C(=O)CNC(=O)COc2ccccc2)CC1. The smallest absolute Gasteiger partial charge is 0.258 e. The van der Waals surface area contributed by atoms with E-state index in [1.165, 1.54) is 16.0 Å². The summed E-state index contributed by atoms with van der Waals surface area (Å²) < 4.78 is 5.39. The Morgan fingerprint density at radius 2 is 1.71 bits per heavy atom. The van der Waals surface area contributed by atoms with Crippen molar-refractivity contribution in [2.45, 2.75) is 13.5 Å². The Labute approximate surface area is 166 Å². The summed E-state index contributed by atoms with van der Waals surface area (Å²) in [6.45, 7) is 6.33. The number of rotatable bonds is 7. The van der Waals surface area contributed by atoms with Gasteiger partial charge in [-0.3, -0.25) is 9.59 Å². The molecule has 0 aromatic heterocycles. The Bertz CT molecular complexity index is 787. The number of aryl methyl sites for hydroxylation is 1. The van der Waals surface area contributed by atoms with Gasteiger partial charge in [-0.25, -0.2) is 0 Å². The number of ether oxygens (including phenoxy) is 1. The van der Waals surface area contributed by atoms with Gasteiger partial charge in [0.15, 0.2) is 6.61 Å². The van der Waals surface area contributed by atoms with Gasteiger partial charge in [0.05, 0.1) is 32.7 Å². The largest absolute Gasteiger partial charge is 0.484 e. The maximum Gasteiger partial charge on any atom is 0.258 e. The summed E-state index contributed by atoms with van der Waals surface area (Å²) in [7, 11) is 0. The second-order valence-corrected chi connectivity index (χ2v) is 7.11. The van der Waals surface area contributed by atoms with E-state index in [1.807, 2.05) is 23.1 Å². The molecule has 6 heteroatoms. The number of piperazine rings is 1. The van der Waals surface area contributed by atoms with Crippen LogP contribution in [0.3, 0.4) is 0 Å². The van der Waals surface area contributed by atoms with Crippen LogP contribution in [-0.4, -0.2) is 56.0 Å². The number of quaternary nitrogens is 1. The lowest BCUT2D eigenvalue weighted by molar-refractivity contribution is -0.917. The normalized spacial score (nSPS) is 14.5. The molecule has 1 fully saturated rings. The van der Waals surface area contributed by atoms with Gasteiger partial charge < -0.3 is 19.9 Å². The van der Waals surface area contributed by atoms with Crippen LogP contribution in [0.4, 0.5) is 0 Å². The first-order valence-electron chi connectivity index (χ1n) is 9.72. The molecule has 148 valence electrons. The quantitative estimate of drug-likeness (QED) is 0.730. The van der Waals surface area contributed by atoms with E-state index in [9.17, 15) is 9.59 Å². The highest BCUT2D eigenvalue weighted by atomic mass is 16.5. The number of carbonyl (C=O) groups excluding carboxylic acids is 2. The van der Waals surface area contributed by atoms with Gasteiger partial charge in [-0.2, -0.15) is 0 Å². The zero-order valence-electron chi connectivity index (χ0n) is 16.3. The zero-order valence-corrected chi connectivity index (χ0v) is 16.3. The van der Waals surface area contributed by atoms with Gasteiger partial charge in [0.2, 0.25) is 5.91 Å². The molecule has 3 rings (SSSR count). The number of nitrogens with zero attached hydrogens (tertiary/aromatic N) is 1. The predicted octanol–water partition coefficient (Wildman–Crippen LogP) is 0.417. The monoisotopic (exact) mass is 382 g/mol. The standard InChI is InChI=1S/C22H27N3O3/c1-18-7-5-6-8-19(18)16-24-11-13-25(14-12-24)22(27)15-23-21(26)17-28-20-9-3-2-4-10-20/h2-10H,11-17H2,1H3,(H,23,26)/p+1. The number of para-hydroxylation sites is 1. The summed E-state index contributed by atoms with van der Waals surface area (Å²) in [5, 5.41) is 2.65. The van der Waals surface area contributed by atoms with Crippen LogP contribution in [0, 0.1) is 6.92 Å². The maximum absolute atomic E-state index is 12.4. The Balaban J connectivity index is 1.35. The van der Waals surface area contributed by atoms with Crippen LogP contribution in [0.25, 0.3) is 0 Å². The molecule has 0 saturated carbocycles. The van der Waals surface area contributed by atoms with E-state index in [2.05, 4.69) is 36.5 Å². The van der Waals surface area contributed by atoms with Gasteiger partial charge in [-0.15, -0.1) is 0 Å². The van der Waals surface area contributed by atoms with Crippen molar-refractivity contribution >= 4 is 11.8 Å². The summed E-state index contributed by atoms with van der Waals surface area (Å²) in [5.74, 6) is 0.306. The summed E-state index contributed by atoms with van der Waals surface area (Å²) >= 11 is 0. The van der Waals surface area contributed by atoms with Crippen molar-refractivity contribution in [2.24, 2.45) is 0 Å². The number of nitrogens with one attached hydrogen (secondary N) is 2. The molecule has 0 bridgehead atoms. The molecule has 0 radical (unpaired) electrons. The van der Waals surface area contributed by atoms with E-state index in [0.717, 1.165) is 32.7 Å². The molecule has 2 amide bonds. The van der Waals surface area contributed by atoms with Crippen molar-refractivity contribution in [3.8, 4) is 5.75 Å². The summed E-state index contributed by atoms with van der Waals surface area (Å²) in [4.78, 5) is 27.6. The van der Waals surface area contributed by atoms with E-state index in [-0.39, 0.29) is 25.0 Å². The molecular formula is C22H28N3O3+. The molecular weight excluding hydrogens is 354 g/mol. The molecule has 0 atom stereocenters. The van der Waals surface area contributed by atoms with E-state index in [4.69, 9.17) is 4.74 Å². The third kappa shape index (κ3) is 5.82. The third-order valence-corrected chi connectivity index (χ3v) is 5.07. The lowest BCUT2D eigenvalue weighted by Crippen LogP contribution is -3.13. The number of benzene rings is 2. The second-order valence-electron chi connectivity index (χ2n) is 7.11. The van der Waals surface area contributed by atoms with E-state index in [1.54, 1.807) is 12.1 Å². The van der Waals surface area contributed by atoms with Crippen LogP contribution in [-0.2, 0) is 16.1 Å². The van der Waals surface area contributed by atoms with Crippen molar-refractivity contribution in [3.05, 3.63) is 65.7 Å². The molecule has 6 nitrogen and oxygen atoms in total. The minimum absolute atomic E-state index is 0.0180. The number of carbonyl (C=O) groups is 2. The van der Waals surface area contributed by atoms with E-state index in [0.29, 0.717) is 5.75 Å². The van der Waals surface area contributed by atoms with Gasteiger partial charge in [0.1, 0.15) is 12.3 Å². The van der Waals surface area contributed by atoms with Crippen LogP contribution < -0.4 is 15.0 Å². The average molecular weight is 382 g/mol. The highest BCUT2D eigenvalue weighted by molar-refractivity contribution is 5.85. The Hall–Kier alpha value is -2.86. The molecule has 1 heterocycles. The third-order valence-electron chi connectivity index (χ3n) is 5.07. The van der Waals surface area contributed by atoms with Gasteiger partial charge in [-0.05, 0) is 24.6 Å². The van der Waals surface area contributed by atoms with E-state index < -0.39 is 0 Å². The fourth-order valence-electron chi connectivity index (χ4n) is 3.33. The number of amides is 2. The van der Waals surface area contributed by atoms with E-state index >= 15 is 0 Å². The minimum Gasteiger partial charge on any atom is -0.484 e. The van der Waals surface area contributed by atoms with Crippen LogP contribution >= 0.6 is 0 Å². The Morgan fingerprint density at radius 3 is 2.43 bits per heavy atom. The van der Waals surface area contributed by atoms with Crippen molar-refractivity contribution < 1.29 is 19.2 Å². The second kappa shape index (κ2) is 9.90. The Kier molecular flexibility index (Phi) is 7.03. The minimum atomic E-state index is -0.291. The molecule has 1 saturated heterocycles. The molecule has 0 aliphatic carbocycles. The van der Waals surface area contributed by atoms with Crippen LogP contribution in [0.15, 0.2) is 54.6 Å². The van der Waals surface area contributed by atoms with Crippen LogP contribution in [0.2, 0.25) is 0 Å². The predicted molar refractivity (Wildman–Crippen MR) is 107 cm³/mol. The lowest BCUT2D eigenvalue weighted by atomic mass is 10.1. The van der Waals surface area contributed by atoms with Crippen molar-refractivity contribution in [1.29, 1.82) is 0 Å². The van der Waals surface area contributed by atoms with Crippen molar-refractivity contribution in [3.63, 3.8) is 0 Å². The fraction of sp³-hybridized carbons (Fsp3) is 0.364. The first-order chi connectivity index (χ1) is 13.6. The topological polar surface area (TPSA) is 63.1 Å². The highest BCUT2D eigenvalue weighted by Crippen LogP contribution is 2.07. The first-order valence-corrected chi connectivity index (χ1v) is 9.72. The zero-order chi connectivity index (χ0) is 19.8. The molecule has 2 aromatic carbocycles. The highest BCUT2D eigenvalue weighted by Gasteiger charge is 2.24. The van der Waals surface area contributed by atoms with Gasteiger partial charge in [0.25, 0.3) is 5.91 Å². The summed E-state index contributed by atoms with van der Waals surface area (Å²) in [6, 6.07) is 17.6. The van der Waals surface area contributed by atoms with Gasteiger partial charge in [-0.1, -0.05) is 42.5 Å². The summed E-state index contributed by atoms with van der Waals surface area (Å²) in [5.41, 5.74) is 2.68. The van der Waals surface area contributed by atoms with Crippen LogP contribution in [0.5, 0.6) is 5.75 Å². The van der Waals surface area contributed by atoms with Gasteiger partial charge >= 0.3 is 0 Å². The average Bonchev–Trinajstić information content (AvgIpc) is 2.73. The number of hydrogen-bond donors (Lipinski definition) is 2. The maximum atomic E-state index is 12.4. The first kappa shape index (κ1) is 19.9. The number of hydrogen-bond acceptors (Lipinski definition) is 3. The van der Waals surface area contributed by atoms with Crippen molar-refractivity contribution in [1.82, 2.24) is 10.2 Å². The lowest BCUT2D eigenvalue weighted by Gasteiger charge is -2.32. The van der Waals surface area contributed by atoms with Crippen LogP contribution in [0.1, 0.15) is 11.1 Å². The fourth-order valence-corrected chi connectivity index (χ4v) is 3.33. The molecule has 0 spiro atoms. The molecule has 28 heavy (non-hydrogen) atoms. The molecule has 1 aliphatic heterocycles. The van der Waals surface area contributed by atoms with Gasteiger partial charge in [0, 0.05) is 5.56 Å². The molecule has 1 aliphatic rings. The Morgan fingerprint density at radius 1 is 1.04 bits per heavy atom. The van der Waals surface area contributed by atoms with Crippen molar-refractivity contribution in [2.75, 3.05) is 39.3 Å². The molecule has 0 unspecified atom stereocenters. The molecule has 2 N–H and O–H groups in total. The summed E-state index contributed by atoms with van der Waals surface area (Å²) in [6.07, 6.45) is 0. The molecule has 2 aromatic rings.